The molecule has 2 N–H and O–H groups in total. The SMILES string of the molecule is O=C(/C=C\c1cccc2ccccc12)NCCCCCCNC(=O)/C=C/c1cccc2ccccc12. The third kappa shape index (κ3) is 7.16. The summed E-state index contributed by atoms with van der Waals surface area (Å²) in [6, 6.07) is 28.5. The second-order valence-electron chi connectivity index (χ2n) is 8.80. The van der Waals surface area contributed by atoms with E-state index in [9.17, 15) is 9.59 Å². The number of fused-ring (bicyclic) bond motifs is 2. The van der Waals surface area contributed by atoms with Crippen LogP contribution in [-0.4, -0.2) is 24.9 Å². The van der Waals surface area contributed by atoms with Crippen molar-refractivity contribution in [1.29, 1.82) is 0 Å². The zero-order valence-electron chi connectivity index (χ0n) is 20.5. The molecule has 0 aliphatic heterocycles. The van der Waals surface area contributed by atoms with Crippen LogP contribution in [0.1, 0.15) is 36.8 Å². The van der Waals surface area contributed by atoms with Crippen molar-refractivity contribution in [1.82, 2.24) is 10.6 Å². The molecule has 0 saturated carbocycles. The first kappa shape index (κ1) is 24.9. The van der Waals surface area contributed by atoms with Crippen LogP contribution in [0.3, 0.4) is 0 Å². The minimum atomic E-state index is -0.0758. The van der Waals surface area contributed by atoms with Crippen LogP contribution in [0.2, 0.25) is 0 Å². The quantitative estimate of drug-likeness (QED) is 0.191. The predicted molar refractivity (Wildman–Crippen MR) is 150 cm³/mol. The molecule has 4 aromatic carbocycles. The number of unbranched alkanes of at least 4 members (excludes halogenated alkanes) is 3. The molecule has 0 heterocycles. The first-order valence-electron chi connectivity index (χ1n) is 12.6. The largest absolute Gasteiger partial charge is 0.353 e. The van der Waals surface area contributed by atoms with Crippen LogP contribution in [0.25, 0.3) is 33.7 Å². The van der Waals surface area contributed by atoms with E-state index in [2.05, 4.69) is 47.0 Å². The van der Waals surface area contributed by atoms with E-state index in [1.807, 2.05) is 60.7 Å². The van der Waals surface area contributed by atoms with Gasteiger partial charge in [0.1, 0.15) is 0 Å². The summed E-state index contributed by atoms with van der Waals surface area (Å²) in [5.74, 6) is -0.152. The Labute approximate surface area is 212 Å². The van der Waals surface area contributed by atoms with Crippen LogP contribution in [0.4, 0.5) is 0 Å². The van der Waals surface area contributed by atoms with Crippen LogP contribution >= 0.6 is 0 Å². The number of amides is 2. The van der Waals surface area contributed by atoms with Crippen LogP contribution in [-0.2, 0) is 9.59 Å². The van der Waals surface area contributed by atoms with E-state index in [-0.39, 0.29) is 11.8 Å². The Hall–Kier alpha value is -4.18. The average Bonchev–Trinajstić information content (AvgIpc) is 2.92. The Morgan fingerprint density at radius 2 is 0.944 bits per heavy atom. The van der Waals surface area contributed by atoms with Gasteiger partial charge in [-0.3, -0.25) is 9.59 Å². The minimum absolute atomic E-state index is 0.0758. The molecule has 36 heavy (non-hydrogen) atoms. The number of rotatable bonds is 11. The van der Waals surface area contributed by atoms with Crippen molar-refractivity contribution in [2.75, 3.05) is 13.1 Å². The highest BCUT2D eigenvalue weighted by Gasteiger charge is 2.01. The molecule has 0 aromatic heterocycles. The van der Waals surface area contributed by atoms with E-state index in [1.54, 1.807) is 12.2 Å². The van der Waals surface area contributed by atoms with Crippen LogP contribution in [0.15, 0.2) is 97.1 Å². The Bertz CT molecular complexity index is 1270. The van der Waals surface area contributed by atoms with Gasteiger partial charge in [0, 0.05) is 25.2 Å². The van der Waals surface area contributed by atoms with Gasteiger partial charge in [0.05, 0.1) is 0 Å². The van der Waals surface area contributed by atoms with Gasteiger partial charge in [-0.2, -0.15) is 0 Å². The van der Waals surface area contributed by atoms with Crippen molar-refractivity contribution in [2.24, 2.45) is 0 Å². The summed E-state index contributed by atoms with van der Waals surface area (Å²) in [5, 5.41) is 10.5. The molecule has 0 atom stereocenters. The standard InChI is InChI=1S/C32H32N2O2/c35-31(21-19-27-15-9-13-25-11-3-5-17-29(25)27)33-23-7-1-2-8-24-34-32(36)22-20-28-16-10-14-26-12-4-6-18-30(26)28/h3-6,9-22H,1-2,7-8,23-24H2,(H,33,35)(H,34,36)/b21-19-,22-20+. The van der Waals surface area contributed by atoms with Crippen molar-refractivity contribution in [3.05, 3.63) is 108 Å². The lowest BCUT2D eigenvalue weighted by molar-refractivity contribution is -0.117. The second kappa shape index (κ2) is 13.1. The molecule has 182 valence electrons. The third-order valence-electron chi connectivity index (χ3n) is 6.18. The topological polar surface area (TPSA) is 58.2 Å². The lowest BCUT2D eigenvalue weighted by Gasteiger charge is -2.05. The molecule has 2 amide bonds. The van der Waals surface area contributed by atoms with E-state index in [1.165, 1.54) is 0 Å². The van der Waals surface area contributed by atoms with E-state index in [0.29, 0.717) is 13.1 Å². The highest BCUT2D eigenvalue weighted by molar-refractivity contribution is 5.97. The number of hydrogen-bond acceptors (Lipinski definition) is 2. The summed E-state index contributed by atoms with van der Waals surface area (Å²) in [6.45, 7) is 1.30. The zero-order chi connectivity index (χ0) is 25.0. The second-order valence-corrected chi connectivity index (χ2v) is 8.80. The molecular weight excluding hydrogens is 444 g/mol. The summed E-state index contributed by atoms with van der Waals surface area (Å²) in [6.07, 6.45) is 10.8. The van der Waals surface area contributed by atoms with Crippen LogP contribution in [0.5, 0.6) is 0 Å². The van der Waals surface area contributed by atoms with E-state index < -0.39 is 0 Å². The van der Waals surface area contributed by atoms with Crippen molar-refractivity contribution in [3.8, 4) is 0 Å². The summed E-state index contributed by atoms with van der Waals surface area (Å²) in [5.41, 5.74) is 2.08. The minimum Gasteiger partial charge on any atom is -0.353 e. The van der Waals surface area contributed by atoms with Gasteiger partial charge in [-0.05, 0) is 57.7 Å². The molecule has 0 fully saturated rings. The highest BCUT2D eigenvalue weighted by Crippen LogP contribution is 2.20. The van der Waals surface area contributed by atoms with Crippen molar-refractivity contribution < 1.29 is 9.59 Å². The van der Waals surface area contributed by atoms with E-state index >= 15 is 0 Å². The fourth-order valence-electron chi connectivity index (χ4n) is 4.27. The molecular formula is C32H32N2O2. The smallest absolute Gasteiger partial charge is 0.243 e. The Morgan fingerprint density at radius 3 is 1.42 bits per heavy atom. The first-order chi connectivity index (χ1) is 17.7. The molecule has 4 nitrogen and oxygen atoms in total. The number of carbonyl (C=O) groups excluding carboxylic acids is 2. The fraction of sp³-hybridized carbons (Fsp3) is 0.188. The van der Waals surface area contributed by atoms with Gasteiger partial charge >= 0.3 is 0 Å². The van der Waals surface area contributed by atoms with Gasteiger partial charge in [0.25, 0.3) is 0 Å². The fourth-order valence-corrected chi connectivity index (χ4v) is 4.27. The molecule has 0 spiro atoms. The maximum atomic E-state index is 12.1. The summed E-state index contributed by atoms with van der Waals surface area (Å²) in [7, 11) is 0. The number of carbonyl (C=O) groups is 2. The molecule has 4 heteroatoms. The van der Waals surface area contributed by atoms with Crippen molar-refractivity contribution in [2.45, 2.75) is 25.7 Å². The number of benzene rings is 4. The normalized spacial score (nSPS) is 11.4. The number of nitrogens with one attached hydrogen (secondary N) is 2. The van der Waals surface area contributed by atoms with Gasteiger partial charge in [-0.15, -0.1) is 0 Å². The summed E-state index contributed by atoms with van der Waals surface area (Å²) >= 11 is 0. The molecule has 0 bridgehead atoms. The first-order valence-corrected chi connectivity index (χ1v) is 12.6. The van der Waals surface area contributed by atoms with Gasteiger partial charge in [0.2, 0.25) is 11.8 Å². The van der Waals surface area contributed by atoms with Crippen LogP contribution < -0.4 is 10.6 Å². The molecule has 0 radical (unpaired) electrons. The average molecular weight is 477 g/mol. The van der Waals surface area contributed by atoms with Crippen molar-refractivity contribution in [3.63, 3.8) is 0 Å². The molecule has 0 aliphatic rings. The number of hydrogen-bond donors (Lipinski definition) is 2. The Kier molecular flexibility index (Phi) is 9.04. The van der Waals surface area contributed by atoms with Gasteiger partial charge in [-0.1, -0.05) is 97.8 Å². The summed E-state index contributed by atoms with van der Waals surface area (Å²) < 4.78 is 0. The van der Waals surface area contributed by atoms with Gasteiger partial charge in [-0.25, -0.2) is 0 Å². The zero-order valence-corrected chi connectivity index (χ0v) is 20.5. The lowest BCUT2D eigenvalue weighted by Crippen LogP contribution is -2.23. The Balaban J connectivity index is 1.09. The summed E-state index contributed by atoms with van der Waals surface area (Å²) in [4.78, 5) is 24.3. The monoisotopic (exact) mass is 476 g/mol. The Morgan fingerprint density at radius 1 is 0.528 bits per heavy atom. The predicted octanol–water partition coefficient (Wildman–Crippen LogP) is 6.51. The maximum Gasteiger partial charge on any atom is 0.243 e. The molecule has 4 rings (SSSR count). The van der Waals surface area contributed by atoms with E-state index in [4.69, 9.17) is 0 Å². The van der Waals surface area contributed by atoms with Gasteiger partial charge in [0.15, 0.2) is 0 Å². The van der Waals surface area contributed by atoms with E-state index in [0.717, 1.165) is 58.4 Å². The molecule has 0 saturated heterocycles. The lowest BCUT2D eigenvalue weighted by atomic mass is 10.0. The third-order valence-corrected chi connectivity index (χ3v) is 6.18. The van der Waals surface area contributed by atoms with Crippen molar-refractivity contribution >= 4 is 45.5 Å². The highest BCUT2D eigenvalue weighted by atomic mass is 16.2. The van der Waals surface area contributed by atoms with Crippen LogP contribution in [0, 0.1) is 0 Å². The molecule has 4 aromatic rings. The molecule has 0 unspecified atom stereocenters. The maximum absolute atomic E-state index is 12.1. The van der Waals surface area contributed by atoms with Gasteiger partial charge < -0.3 is 10.6 Å². The molecule has 0 aliphatic carbocycles.